The smallest absolute Gasteiger partial charge is 0.481 e. The number of halogens is 4. The van der Waals surface area contributed by atoms with E-state index in [1.807, 2.05) is 57.3 Å². The van der Waals surface area contributed by atoms with Gasteiger partial charge in [0, 0.05) is 37.1 Å². The van der Waals surface area contributed by atoms with E-state index in [1.54, 1.807) is 12.1 Å². The molecule has 34 heteroatoms. The quantitative estimate of drug-likeness (QED) is 0.0286. The summed E-state index contributed by atoms with van der Waals surface area (Å²) in [6.45, 7) is 0.338. The number of thioether (sulfide) groups is 1. The number of nitrogen functional groups attached to an aromatic ring is 1. The second-order valence-electron chi connectivity index (χ2n) is 15.2. The number of carbonyl (C=O) groups is 3. The van der Waals surface area contributed by atoms with Gasteiger partial charge in [0.25, 0.3) is 0 Å². The van der Waals surface area contributed by atoms with Gasteiger partial charge < -0.3 is 60.7 Å². The Labute approximate surface area is 450 Å². The van der Waals surface area contributed by atoms with Crippen molar-refractivity contribution in [2.45, 2.75) is 57.3 Å². The number of aromatic hydroxyl groups is 1. The predicted octanol–water partition coefficient (Wildman–Crippen LogP) is 3.82. The molecule has 380 valence electrons. The molecule has 1 aliphatic heterocycles. The fraction of sp³-hybridized carbons (Fsp3) is 0.429. The van der Waals surface area contributed by atoms with E-state index in [0.29, 0.717) is 18.6 Å². The molecule has 2 aromatic carbocycles. The van der Waals surface area contributed by atoms with E-state index in [1.165, 1.54) is 13.8 Å². The molecule has 1 aliphatic rings. The van der Waals surface area contributed by atoms with Gasteiger partial charge in [0.05, 0.1) is 33.8 Å². The molecule has 1 fully saturated rings. The Morgan fingerprint density at radius 3 is 2.22 bits per heavy atom. The van der Waals surface area contributed by atoms with Crippen LogP contribution in [0.1, 0.15) is 32.1 Å². The Morgan fingerprint density at radius 1 is 0.942 bits per heavy atom. The molecule has 0 aliphatic carbocycles. The van der Waals surface area contributed by atoms with Gasteiger partial charge in [-0.05, 0) is 120 Å². The maximum Gasteiger partial charge on any atom is 0.481 e. The summed E-state index contributed by atoms with van der Waals surface area (Å²) < 4.78 is 71.4. The van der Waals surface area contributed by atoms with Crippen molar-refractivity contribution in [1.29, 1.82) is 0 Å². The highest BCUT2D eigenvalue weighted by molar-refractivity contribution is 14.1. The Morgan fingerprint density at radius 2 is 1.58 bits per heavy atom. The number of fused-ring (bicyclic) bond motifs is 1. The lowest BCUT2D eigenvalue weighted by molar-refractivity contribution is -0.137. The van der Waals surface area contributed by atoms with Crippen LogP contribution < -0.4 is 21.1 Å². The first-order chi connectivity index (χ1) is 32.1. The minimum absolute atomic E-state index is 0.0228. The average Bonchev–Trinajstić information content (AvgIpc) is 3.80. The topological polar surface area (TPSA) is 393 Å². The lowest BCUT2D eigenvalue weighted by Crippen LogP contribution is -2.46. The molecule has 0 spiro atoms. The van der Waals surface area contributed by atoms with Crippen LogP contribution >= 0.6 is 126 Å². The van der Waals surface area contributed by atoms with E-state index in [-0.39, 0.29) is 59.5 Å². The van der Waals surface area contributed by atoms with Crippen LogP contribution in [0.4, 0.5) is 5.82 Å². The van der Waals surface area contributed by atoms with Crippen LogP contribution in [-0.4, -0.2) is 128 Å². The Balaban J connectivity index is 1.01. The van der Waals surface area contributed by atoms with Gasteiger partial charge in [-0.15, -0.1) is 0 Å². The number of phenolic OH excluding ortho intramolecular Hbond substituents is 1. The number of phosphoric acid groups is 3. The number of hydrogen-bond acceptors (Lipinski definition) is 20. The summed E-state index contributed by atoms with van der Waals surface area (Å²) in [6, 6.07) is 7.12. The number of phosphoric ester groups is 3. The summed E-state index contributed by atoms with van der Waals surface area (Å²) in [7, 11) is -16.5. The van der Waals surface area contributed by atoms with Crippen LogP contribution in [0, 0.1) is 19.7 Å². The van der Waals surface area contributed by atoms with E-state index in [2.05, 4.69) is 79.6 Å². The summed E-state index contributed by atoms with van der Waals surface area (Å²) in [5, 5.41) is 36.5. The number of anilines is 1. The van der Waals surface area contributed by atoms with E-state index >= 15 is 0 Å². The number of imidazole rings is 1. The van der Waals surface area contributed by atoms with Crippen LogP contribution in [-0.2, 0) is 57.1 Å². The largest absolute Gasteiger partial charge is 0.506 e. The molecular formula is C35H42I4N7O19P3S. The van der Waals surface area contributed by atoms with Crippen molar-refractivity contribution in [1.82, 2.24) is 30.2 Å². The fourth-order valence-electron chi connectivity index (χ4n) is 6.04. The third-order valence-electron chi connectivity index (χ3n) is 9.38. The van der Waals surface area contributed by atoms with E-state index in [4.69, 9.17) is 24.3 Å². The molecule has 5 rings (SSSR count). The zero-order chi connectivity index (χ0) is 51.2. The number of aromatic nitrogens is 4. The first kappa shape index (κ1) is 58.4. The summed E-state index contributed by atoms with van der Waals surface area (Å²) in [5.74, 6) is 0.0897. The van der Waals surface area contributed by atoms with Crippen molar-refractivity contribution in [3.63, 3.8) is 0 Å². The van der Waals surface area contributed by atoms with Gasteiger partial charge in [-0.1, -0.05) is 25.6 Å². The summed E-state index contributed by atoms with van der Waals surface area (Å²) in [6.07, 6.45) is -6.93. The Kier molecular flexibility index (Phi) is 20.9. The van der Waals surface area contributed by atoms with Crippen molar-refractivity contribution in [2.75, 3.05) is 37.8 Å². The number of aliphatic hydroxyl groups excluding tert-OH is 2. The molecule has 4 aromatic rings. The number of hydrogen-bond donors (Lipinski definition) is 10. The van der Waals surface area contributed by atoms with Gasteiger partial charge >= 0.3 is 23.5 Å². The maximum atomic E-state index is 12.8. The van der Waals surface area contributed by atoms with Crippen LogP contribution in [0.15, 0.2) is 36.9 Å². The number of ether oxygens (including phenoxy) is 2. The molecule has 2 aromatic heterocycles. The van der Waals surface area contributed by atoms with Crippen LogP contribution in [0.3, 0.4) is 0 Å². The molecule has 1 saturated heterocycles. The fourth-order valence-corrected chi connectivity index (χ4v) is 13.4. The Hall–Kier alpha value is -1.48. The van der Waals surface area contributed by atoms with Crippen molar-refractivity contribution in [3.8, 4) is 17.2 Å². The second-order valence-corrected chi connectivity index (χ2v) is 25.2. The lowest BCUT2D eigenvalue weighted by atomic mass is 9.87. The number of rotatable bonds is 23. The highest BCUT2D eigenvalue weighted by atomic mass is 127. The van der Waals surface area contributed by atoms with E-state index < -0.39 is 84.6 Å². The maximum absolute atomic E-state index is 12.8. The molecule has 7 atom stereocenters. The van der Waals surface area contributed by atoms with Gasteiger partial charge in [-0.3, -0.25) is 32.5 Å². The number of aliphatic hydroxyl groups is 2. The third kappa shape index (κ3) is 16.8. The van der Waals surface area contributed by atoms with Crippen molar-refractivity contribution in [2.24, 2.45) is 5.41 Å². The molecule has 0 saturated carbocycles. The van der Waals surface area contributed by atoms with E-state index in [9.17, 15) is 63.0 Å². The standard InChI is InChI=1S/C35H42I4N7O19P3S/c1-35(2,13-61-68(58,59)65-67(56,57)60-12-22-29(64-66(53,54)55)27(50)34(63-22)46-15-45-25-31(40)43-14-44-32(25)46)30(51)33(52)42-4-3-23(47)41-5-6-69-24(48)9-16-7-20(38)28(21(39)8-16)62-17-10-18(36)26(49)19(37)11-17/h7-8,10-11,14-15,22,27,29-30,34,49-51H,3-6,9,12-13H2,1-2H3,(H,41,47)(H,42,52)(H,56,57)(H,58,59)(H2,40,43,44)(H2,53,54,55). The van der Waals surface area contributed by atoms with Crippen LogP contribution in [0.2, 0.25) is 0 Å². The SMILES string of the molecule is CC(C)(COP(=O)(O)OP(=O)(O)OCC1OC(n2cnc3c(N)ncnc32)C(O)C1OP(=O)(O)O)C(O)C(=O)NCCC(=O)NCCSC(=O)Cc1cc(I)c(Oc2cc(I)c(O)c(I)c2)c(I)c1. The van der Waals surface area contributed by atoms with E-state index in [0.717, 1.165) is 41.7 Å². The highest BCUT2D eigenvalue weighted by Gasteiger charge is 2.50. The van der Waals surface area contributed by atoms with Gasteiger partial charge in [0.2, 0.25) is 11.8 Å². The number of carbonyl (C=O) groups excluding carboxylic acids is 3. The van der Waals surface area contributed by atoms with Gasteiger partial charge in [0.15, 0.2) is 28.6 Å². The minimum Gasteiger partial charge on any atom is -0.506 e. The van der Waals surface area contributed by atoms with Gasteiger partial charge in [-0.25, -0.2) is 28.6 Å². The zero-order valence-electron chi connectivity index (χ0n) is 35.5. The van der Waals surface area contributed by atoms with Gasteiger partial charge in [0.1, 0.15) is 47.8 Å². The molecule has 3 heterocycles. The van der Waals surface area contributed by atoms with Crippen LogP contribution in [0.25, 0.3) is 11.2 Å². The number of nitrogens with two attached hydrogens (primary N) is 1. The molecule has 26 nitrogen and oxygen atoms in total. The first-order valence-electron chi connectivity index (χ1n) is 19.4. The zero-order valence-corrected chi connectivity index (χ0v) is 47.6. The molecule has 0 bridgehead atoms. The number of phenols is 1. The van der Waals surface area contributed by atoms with Crippen molar-refractivity contribution >= 4 is 160 Å². The van der Waals surface area contributed by atoms with Gasteiger partial charge in [-0.2, -0.15) is 4.31 Å². The molecule has 0 radical (unpaired) electrons. The van der Waals surface area contributed by atoms with Crippen LogP contribution in [0.5, 0.6) is 17.2 Å². The number of amides is 2. The first-order valence-corrected chi connectivity index (χ1v) is 29.3. The molecule has 7 unspecified atom stereocenters. The molecular weight excluding hydrogens is 1460 g/mol. The number of benzene rings is 2. The highest BCUT2D eigenvalue weighted by Crippen LogP contribution is 2.61. The monoisotopic (exact) mass is 1500 g/mol. The summed E-state index contributed by atoms with van der Waals surface area (Å²) in [4.78, 5) is 89.1. The number of nitrogens with one attached hydrogen (secondary N) is 2. The third-order valence-corrected chi connectivity index (χ3v) is 16.6. The average molecular weight is 1500 g/mol. The minimum atomic E-state index is -5.60. The normalized spacial score (nSPS) is 19.7. The molecule has 11 N–H and O–H groups in total. The number of nitrogens with zero attached hydrogens (tertiary/aromatic N) is 4. The Bertz CT molecular complexity index is 2660. The van der Waals surface area contributed by atoms with Crippen molar-refractivity contribution < 1.29 is 90.3 Å². The predicted molar refractivity (Wildman–Crippen MR) is 276 cm³/mol. The summed E-state index contributed by atoms with van der Waals surface area (Å²) >= 11 is 9.32. The summed E-state index contributed by atoms with van der Waals surface area (Å²) in [5.41, 5.74) is 5.00. The second kappa shape index (κ2) is 24.7. The molecule has 2 amide bonds. The van der Waals surface area contributed by atoms with Crippen molar-refractivity contribution in [3.05, 3.63) is 56.8 Å². The lowest BCUT2D eigenvalue weighted by Gasteiger charge is -2.30. The molecule has 69 heavy (non-hydrogen) atoms.